The van der Waals surface area contributed by atoms with E-state index in [9.17, 15) is 0 Å². The van der Waals surface area contributed by atoms with Crippen LogP contribution in [-0.2, 0) is 13.1 Å². The maximum Gasteiger partial charge on any atom is 0.191 e. The average molecular weight is 467 g/mol. The quantitative estimate of drug-likeness (QED) is 0.292. The molecule has 0 radical (unpaired) electrons. The molecule has 0 saturated heterocycles. The second-order valence-corrected chi connectivity index (χ2v) is 6.27. The number of aromatic amines is 1. The number of benzene rings is 1. The number of hydrogen-bond donors (Lipinski definition) is 3. The number of nitrogens with one attached hydrogen (secondary N) is 3. The minimum Gasteiger partial charge on any atom is -0.357 e. The van der Waals surface area contributed by atoms with Gasteiger partial charge in [-0.15, -0.1) is 35.3 Å². The topological polar surface area (TPSA) is 65.1 Å². The summed E-state index contributed by atoms with van der Waals surface area (Å²) < 4.78 is 0. The summed E-state index contributed by atoms with van der Waals surface area (Å²) in [5.74, 6) is 1.64. The Bertz CT molecular complexity index is 768. The number of H-pyrrole nitrogens is 1. The number of halogens is 1. The zero-order valence-electron chi connectivity index (χ0n) is 14.0. The first-order valence-electron chi connectivity index (χ1n) is 7.99. The fourth-order valence-corrected chi connectivity index (χ4v) is 2.93. The van der Waals surface area contributed by atoms with Crippen molar-refractivity contribution in [1.82, 2.24) is 20.6 Å². The standard InChI is InChI=1S/C18H21N5S.HI/c1-2-19-18(21-11-15-9-6-10-24-15)22-13-17-20-12-16(23-17)14-7-4-3-5-8-14;/h3-10,12H,2,11,13H2,1H3,(H,20,23)(H2,19,21,22);1H. The Morgan fingerprint density at radius 3 is 2.72 bits per heavy atom. The molecular weight excluding hydrogens is 445 g/mol. The molecule has 2 aromatic heterocycles. The highest BCUT2D eigenvalue weighted by Gasteiger charge is 2.03. The van der Waals surface area contributed by atoms with Gasteiger partial charge in [0.1, 0.15) is 12.4 Å². The molecule has 0 atom stereocenters. The first kappa shape index (κ1) is 19.5. The van der Waals surface area contributed by atoms with Crippen LogP contribution in [0, 0.1) is 0 Å². The second-order valence-electron chi connectivity index (χ2n) is 5.24. The lowest BCUT2D eigenvalue weighted by Gasteiger charge is -2.09. The molecule has 3 rings (SSSR count). The lowest BCUT2D eigenvalue weighted by atomic mass is 10.2. The number of nitrogens with zero attached hydrogens (tertiary/aromatic N) is 2. The summed E-state index contributed by atoms with van der Waals surface area (Å²) in [6.07, 6.45) is 1.85. The Balaban J connectivity index is 0.00000225. The SMILES string of the molecule is CCNC(=NCc1ncc(-c2ccccc2)[nH]1)NCc1cccs1.I. The third-order valence-electron chi connectivity index (χ3n) is 3.45. The van der Waals surface area contributed by atoms with Crippen LogP contribution in [-0.4, -0.2) is 22.5 Å². The van der Waals surface area contributed by atoms with Crippen molar-refractivity contribution in [3.8, 4) is 11.3 Å². The highest BCUT2D eigenvalue weighted by atomic mass is 127. The second kappa shape index (κ2) is 10.2. The molecule has 0 unspecified atom stereocenters. The van der Waals surface area contributed by atoms with Crippen molar-refractivity contribution in [2.75, 3.05) is 6.54 Å². The summed E-state index contributed by atoms with van der Waals surface area (Å²) in [5.41, 5.74) is 2.14. The van der Waals surface area contributed by atoms with Crippen molar-refractivity contribution in [2.45, 2.75) is 20.0 Å². The van der Waals surface area contributed by atoms with Gasteiger partial charge in [0.2, 0.25) is 0 Å². The molecule has 0 fully saturated rings. The smallest absolute Gasteiger partial charge is 0.191 e. The van der Waals surface area contributed by atoms with Gasteiger partial charge >= 0.3 is 0 Å². The Labute approximate surface area is 169 Å². The van der Waals surface area contributed by atoms with Gasteiger partial charge < -0.3 is 15.6 Å². The molecule has 2 heterocycles. The molecule has 0 saturated carbocycles. The molecular formula is C18H22IN5S. The van der Waals surface area contributed by atoms with Crippen molar-refractivity contribution in [3.05, 3.63) is 64.7 Å². The number of hydrogen-bond acceptors (Lipinski definition) is 3. The molecule has 0 bridgehead atoms. The minimum absolute atomic E-state index is 0. The van der Waals surface area contributed by atoms with Crippen molar-refractivity contribution < 1.29 is 0 Å². The Kier molecular flexibility index (Phi) is 7.93. The Morgan fingerprint density at radius 2 is 2.00 bits per heavy atom. The number of thiophene rings is 1. The largest absolute Gasteiger partial charge is 0.357 e. The maximum absolute atomic E-state index is 4.60. The summed E-state index contributed by atoms with van der Waals surface area (Å²) >= 11 is 1.73. The van der Waals surface area contributed by atoms with Gasteiger partial charge in [-0.05, 0) is 23.9 Å². The van der Waals surface area contributed by atoms with Gasteiger partial charge in [0.15, 0.2) is 5.96 Å². The summed E-state index contributed by atoms with van der Waals surface area (Å²) in [5, 5.41) is 8.67. The van der Waals surface area contributed by atoms with E-state index in [0.29, 0.717) is 6.54 Å². The van der Waals surface area contributed by atoms with E-state index < -0.39 is 0 Å². The molecule has 0 amide bonds. The van der Waals surface area contributed by atoms with Gasteiger partial charge in [0, 0.05) is 11.4 Å². The fourth-order valence-electron chi connectivity index (χ4n) is 2.29. The molecule has 0 aliphatic rings. The van der Waals surface area contributed by atoms with Crippen LogP contribution in [0.25, 0.3) is 11.3 Å². The lowest BCUT2D eigenvalue weighted by molar-refractivity contribution is 0.814. The Hall–Kier alpha value is -1.87. The molecule has 25 heavy (non-hydrogen) atoms. The minimum atomic E-state index is 0. The van der Waals surface area contributed by atoms with Gasteiger partial charge in [-0.2, -0.15) is 0 Å². The number of aromatic nitrogens is 2. The maximum atomic E-state index is 4.60. The van der Waals surface area contributed by atoms with Crippen LogP contribution >= 0.6 is 35.3 Å². The van der Waals surface area contributed by atoms with Crippen LogP contribution in [0.4, 0.5) is 0 Å². The summed E-state index contributed by atoms with van der Waals surface area (Å²) in [4.78, 5) is 13.6. The van der Waals surface area contributed by atoms with E-state index in [1.54, 1.807) is 11.3 Å². The Morgan fingerprint density at radius 1 is 1.16 bits per heavy atom. The van der Waals surface area contributed by atoms with Crippen LogP contribution in [0.1, 0.15) is 17.6 Å². The first-order chi connectivity index (χ1) is 11.8. The van der Waals surface area contributed by atoms with Crippen LogP contribution in [0.3, 0.4) is 0 Å². The molecule has 1 aromatic carbocycles. The predicted molar refractivity (Wildman–Crippen MR) is 115 cm³/mol. The first-order valence-corrected chi connectivity index (χ1v) is 8.87. The summed E-state index contributed by atoms with van der Waals surface area (Å²) in [6.45, 7) is 4.16. The van der Waals surface area contributed by atoms with Crippen LogP contribution in [0.2, 0.25) is 0 Å². The normalized spacial score (nSPS) is 11.0. The molecule has 132 valence electrons. The third-order valence-corrected chi connectivity index (χ3v) is 4.33. The van der Waals surface area contributed by atoms with Crippen molar-refractivity contribution >= 4 is 41.3 Å². The van der Waals surface area contributed by atoms with E-state index in [1.165, 1.54) is 4.88 Å². The predicted octanol–water partition coefficient (Wildman–Crippen LogP) is 4.01. The number of guanidine groups is 1. The lowest BCUT2D eigenvalue weighted by Crippen LogP contribution is -2.36. The van der Waals surface area contributed by atoms with E-state index in [-0.39, 0.29) is 24.0 Å². The van der Waals surface area contributed by atoms with Gasteiger partial charge in [0.25, 0.3) is 0 Å². The van der Waals surface area contributed by atoms with Crippen LogP contribution < -0.4 is 10.6 Å². The van der Waals surface area contributed by atoms with E-state index in [2.05, 4.69) is 62.2 Å². The monoisotopic (exact) mass is 467 g/mol. The highest BCUT2D eigenvalue weighted by Crippen LogP contribution is 2.16. The van der Waals surface area contributed by atoms with Gasteiger partial charge in [0.05, 0.1) is 18.4 Å². The molecule has 0 aliphatic carbocycles. The van der Waals surface area contributed by atoms with Crippen molar-refractivity contribution in [2.24, 2.45) is 4.99 Å². The van der Waals surface area contributed by atoms with E-state index in [0.717, 1.165) is 36.1 Å². The van der Waals surface area contributed by atoms with E-state index in [4.69, 9.17) is 0 Å². The van der Waals surface area contributed by atoms with Crippen molar-refractivity contribution in [1.29, 1.82) is 0 Å². The zero-order chi connectivity index (χ0) is 16.6. The average Bonchev–Trinajstić information content (AvgIpc) is 3.30. The number of aliphatic imine (C=N–C) groups is 1. The molecule has 3 N–H and O–H groups in total. The van der Waals surface area contributed by atoms with E-state index >= 15 is 0 Å². The number of rotatable bonds is 6. The summed E-state index contributed by atoms with van der Waals surface area (Å²) in [7, 11) is 0. The van der Waals surface area contributed by atoms with Crippen LogP contribution in [0.5, 0.6) is 0 Å². The fraction of sp³-hybridized carbons (Fsp3) is 0.222. The van der Waals surface area contributed by atoms with Gasteiger partial charge in [-0.25, -0.2) is 9.98 Å². The molecule has 5 nitrogen and oxygen atoms in total. The zero-order valence-corrected chi connectivity index (χ0v) is 17.2. The van der Waals surface area contributed by atoms with Crippen molar-refractivity contribution in [3.63, 3.8) is 0 Å². The molecule has 7 heteroatoms. The van der Waals surface area contributed by atoms with E-state index in [1.807, 2.05) is 24.4 Å². The molecule has 0 aliphatic heterocycles. The molecule has 3 aromatic rings. The van der Waals surface area contributed by atoms with Gasteiger partial charge in [-0.3, -0.25) is 0 Å². The highest BCUT2D eigenvalue weighted by molar-refractivity contribution is 14.0. The van der Waals surface area contributed by atoms with Gasteiger partial charge in [-0.1, -0.05) is 36.4 Å². The third kappa shape index (κ3) is 5.86. The molecule has 0 spiro atoms. The summed E-state index contributed by atoms with van der Waals surface area (Å²) in [6, 6.07) is 14.3. The van der Waals surface area contributed by atoms with Crippen LogP contribution in [0.15, 0.2) is 59.0 Å². The number of imidazole rings is 1.